The second-order valence-electron chi connectivity index (χ2n) is 3.73. The van der Waals surface area contributed by atoms with Crippen molar-refractivity contribution in [1.29, 1.82) is 0 Å². The molecule has 1 rings (SSSR count). The topological polar surface area (TPSA) is 55.1 Å². The fourth-order valence-corrected chi connectivity index (χ4v) is 1.00. The van der Waals surface area contributed by atoms with E-state index in [-0.39, 0.29) is 11.8 Å². The van der Waals surface area contributed by atoms with Gasteiger partial charge in [0.25, 0.3) is 0 Å². The Bertz CT molecular complexity index is 285. The van der Waals surface area contributed by atoms with Gasteiger partial charge in [0.2, 0.25) is 5.91 Å². The molecule has 16 heavy (non-hydrogen) atoms. The summed E-state index contributed by atoms with van der Waals surface area (Å²) in [6.07, 6.45) is 0.843. The molecule has 0 bridgehead atoms. The minimum atomic E-state index is -0.206. The number of rotatable bonds is 4. The first-order valence-electron chi connectivity index (χ1n) is 5.59. The summed E-state index contributed by atoms with van der Waals surface area (Å²) >= 11 is 0. The first-order valence-corrected chi connectivity index (χ1v) is 5.59. The van der Waals surface area contributed by atoms with Crippen molar-refractivity contribution in [3.05, 3.63) is 35.9 Å². The van der Waals surface area contributed by atoms with E-state index >= 15 is 0 Å². The van der Waals surface area contributed by atoms with Crippen molar-refractivity contribution in [3.8, 4) is 0 Å². The highest BCUT2D eigenvalue weighted by Crippen LogP contribution is 1.96. The van der Waals surface area contributed by atoms with Crippen LogP contribution < -0.4 is 11.1 Å². The average Bonchev–Trinajstić information content (AvgIpc) is 2.30. The van der Waals surface area contributed by atoms with Gasteiger partial charge in [-0.1, -0.05) is 44.2 Å². The van der Waals surface area contributed by atoms with Crippen LogP contribution in [0.4, 0.5) is 0 Å². The normalized spacial score (nSPS) is 11.2. The maximum Gasteiger partial charge on any atom is 0.220 e. The predicted molar refractivity (Wildman–Crippen MR) is 67.9 cm³/mol. The van der Waals surface area contributed by atoms with E-state index in [1.807, 2.05) is 39.1 Å². The molecule has 3 nitrogen and oxygen atoms in total. The Morgan fingerprint density at radius 2 is 1.94 bits per heavy atom. The van der Waals surface area contributed by atoms with Crippen LogP contribution in [0.5, 0.6) is 0 Å². The number of primary amides is 1. The number of hydrogen-bond acceptors (Lipinski definition) is 2. The summed E-state index contributed by atoms with van der Waals surface area (Å²) < 4.78 is 0. The molecule has 0 spiro atoms. The number of nitrogens with one attached hydrogen (secondary N) is 1. The van der Waals surface area contributed by atoms with E-state index in [1.54, 1.807) is 0 Å². The molecule has 0 aliphatic carbocycles. The maximum atomic E-state index is 10.2. The second kappa shape index (κ2) is 8.92. The molecule has 0 aromatic heterocycles. The van der Waals surface area contributed by atoms with Crippen LogP contribution in [-0.4, -0.2) is 13.0 Å². The zero-order valence-electron chi connectivity index (χ0n) is 10.4. The van der Waals surface area contributed by atoms with Crippen molar-refractivity contribution in [2.75, 3.05) is 7.05 Å². The molecule has 0 aliphatic rings. The minimum Gasteiger partial charge on any atom is -0.369 e. The van der Waals surface area contributed by atoms with E-state index < -0.39 is 0 Å². The standard InChI is InChI=1S/C8H11N.C5H11NO/c1-9-7-8-5-3-2-4-6-8;1-3-4(2)5(6)7/h2-6,9H,7H2,1H3;4H,3H2,1-2H3,(H2,6,7). The SMILES string of the molecule is CCC(C)C(N)=O.CNCc1ccccc1. The minimum absolute atomic E-state index is 0.0417. The molecule has 0 saturated carbocycles. The highest BCUT2D eigenvalue weighted by Gasteiger charge is 2.02. The summed E-state index contributed by atoms with van der Waals surface area (Å²) in [6, 6.07) is 10.3. The lowest BCUT2D eigenvalue weighted by Gasteiger charge is -1.98. The summed E-state index contributed by atoms with van der Waals surface area (Å²) in [5, 5.41) is 3.08. The van der Waals surface area contributed by atoms with Gasteiger partial charge in [-0.15, -0.1) is 0 Å². The lowest BCUT2D eigenvalue weighted by atomic mass is 10.1. The molecule has 0 heterocycles. The van der Waals surface area contributed by atoms with Gasteiger partial charge < -0.3 is 11.1 Å². The Hall–Kier alpha value is -1.35. The molecule has 1 amide bonds. The van der Waals surface area contributed by atoms with Gasteiger partial charge in [-0.2, -0.15) is 0 Å². The fourth-order valence-electron chi connectivity index (χ4n) is 1.00. The van der Waals surface area contributed by atoms with Crippen molar-refractivity contribution in [1.82, 2.24) is 5.32 Å². The van der Waals surface area contributed by atoms with Crippen LogP contribution in [0.15, 0.2) is 30.3 Å². The Morgan fingerprint density at radius 1 is 1.38 bits per heavy atom. The van der Waals surface area contributed by atoms with Crippen molar-refractivity contribution in [2.45, 2.75) is 26.8 Å². The quantitative estimate of drug-likeness (QED) is 0.817. The highest BCUT2D eigenvalue weighted by molar-refractivity contribution is 5.76. The predicted octanol–water partition coefficient (Wildman–Crippen LogP) is 1.92. The average molecular weight is 222 g/mol. The third kappa shape index (κ3) is 7.01. The van der Waals surface area contributed by atoms with Gasteiger partial charge in [0, 0.05) is 12.5 Å². The van der Waals surface area contributed by atoms with E-state index in [9.17, 15) is 4.79 Å². The van der Waals surface area contributed by atoms with Crippen LogP contribution in [0.25, 0.3) is 0 Å². The summed E-state index contributed by atoms with van der Waals surface area (Å²) in [5.74, 6) is -0.164. The Kier molecular flexibility index (Phi) is 8.17. The smallest absolute Gasteiger partial charge is 0.220 e. The number of hydrogen-bond donors (Lipinski definition) is 2. The lowest BCUT2D eigenvalue weighted by molar-refractivity contribution is -0.121. The van der Waals surface area contributed by atoms with E-state index in [0.717, 1.165) is 13.0 Å². The molecular formula is C13H22N2O. The van der Waals surface area contributed by atoms with Gasteiger partial charge in [-0.3, -0.25) is 4.79 Å². The number of carbonyl (C=O) groups excluding carboxylic acids is 1. The van der Waals surface area contributed by atoms with Crippen LogP contribution in [0, 0.1) is 5.92 Å². The monoisotopic (exact) mass is 222 g/mol. The molecule has 0 saturated heterocycles. The second-order valence-corrected chi connectivity index (χ2v) is 3.73. The summed E-state index contributed by atoms with van der Waals surface area (Å²) in [5.41, 5.74) is 6.24. The Morgan fingerprint density at radius 3 is 2.25 bits per heavy atom. The third-order valence-corrected chi connectivity index (χ3v) is 2.32. The van der Waals surface area contributed by atoms with Crippen LogP contribution in [0.1, 0.15) is 25.8 Å². The molecule has 3 N–H and O–H groups in total. The van der Waals surface area contributed by atoms with E-state index in [2.05, 4.69) is 17.4 Å². The highest BCUT2D eigenvalue weighted by atomic mass is 16.1. The Labute approximate surface area is 98.0 Å². The summed E-state index contributed by atoms with van der Waals surface area (Å²) in [6.45, 7) is 4.72. The number of carbonyl (C=O) groups is 1. The van der Waals surface area contributed by atoms with Crippen molar-refractivity contribution in [3.63, 3.8) is 0 Å². The van der Waals surface area contributed by atoms with Gasteiger partial charge in [-0.25, -0.2) is 0 Å². The van der Waals surface area contributed by atoms with Crippen LogP contribution in [0.3, 0.4) is 0 Å². The lowest BCUT2D eigenvalue weighted by Crippen LogP contribution is -2.19. The first kappa shape index (κ1) is 14.6. The van der Waals surface area contributed by atoms with E-state index in [4.69, 9.17) is 5.73 Å². The zero-order valence-corrected chi connectivity index (χ0v) is 10.4. The summed E-state index contributed by atoms with van der Waals surface area (Å²) in [7, 11) is 1.95. The summed E-state index contributed by atoms with van der Waals surface area (Å²) in [4.78, 5) is 10.2. The van der Waals surface area contributed by atoms with Gasteiger partial charge >= 0.3 is 0 Å². The van der Waals surface area contributed by atoms with Gasteiger partial charge in [-0.05, 0) is 19.0 Å². The van der Waals surface area contributed by atoms with Crippen molar-refractivity contribution >= 4 is 5.91 Å². The van der Waals surface area contributed by atoms with Crippen LogP contribution in [-0.2, 0) is 11.3 Å². The fraction of sp³-hybridized carbons (Fsp3) is 0.462. The largest absolute Gasteiger partial charge is 0.369 e. The third-order valence-electron chi connectivity index (χ3n) is 2.32. The molecule has 0 radical (unpaired) electrons. The van der Waals surface area contributed by atoms with Crippen LogP contribution in [0.2, 0.25) is 0 Å². The number of nitrogens with two attached hydrogens (primary N) is 1. The molecule has 1 atom stereocenters. The maximum absolute atomic E-state index is 10.2. The van der Waals surface area contributed by atoms with Crippen molar-refractivity contribution < 1.29 is 4.79 Å². The zero-order chi connectivity index (χ0) is 12.4. The molecule has 1 unspecified atom stereocenters. The van der Waals surface area contributed by atoms with Crippen molar-refractivity contribution in [2.24, 2.45) is 11.7 Å². The molecule has 0 fully saturated rings. The van der Waals surface area contributed by atoms with Gasteiger partial charge in [0.05, 0.1) is 0 Å². The number of benzene rings is 1. The van der Waals surface area contributed by atoms with Gasteiger partial charge in [0.1, 0.15) is 0 Å². The molecule has 90 valence electrons. The van der Waals surface area contributed by atoms with Gasteiger partial charge in [0.15, 0.2) is 0 Å². The number of amides is 1. The molecular weight excluding hydrogens is 200 g/mol. The molecule has 1 aromatic rings. The molecule has 0 aliphatic heterocycles. The molecule has 3 heteroatoms. The van der Waals surface area contributed by atoms with E-state index in [0.29, 0.717) is 0 Å². The van der Waals surface area contributed by atoms with E-state index in [1.165, 1.54) is 5.56 Å². The molecule has 1 aromatic carbocycles. The van der Waals surface area contributed by atoms with Crippen LogP contribution >= 0.6 is 0 Å². The Balaban J connectivity index is 0.000000293. The first-order chi connectivity index (χ1) is 7.61.